The van der Waals surface area contributed by atoms with Crippen molar-refractivity contribution in [2.75, 3.05) is 5.32 Å². The molecule has 0 unspecified atom stereocenters. The average molecular weight is 419 g/mol. The van der Waals surface area contributed by atoms with Crippen LogP contribution in [-0.4, -0.2) is 21.0 Å². The molecule has 7 heteroatoms. The number of aromatic nitrogens is 3. The number of anilines is 1. The fourth-order valence-corrected chi connectivity index (χ4v) is 3.33. The number of aryl methyl sites for hydroxylation is 2. The Morgan fingerprint density at radius 1 is 1.10 bits per heavy atom. The largest absolute Gasteiger partial charge is 0.337 e. The number of nitrogens with one attached hydrogen (secondary N) is 1. The Labute approximate surface area is 178 Å². The van der Waals surface area contributed by atoms with Crippen LogP contribution in [0.1, 0.15) is 16.7 Å². The third-order valence-electron chi connectivity index (χ3n) is 4.87. The van der Waals surface area contributed by atoms with E-state index in [0.717, 1.165) is 16.7 Å². The Morgan fingerprint density at radius 3 is 2.67 bits per heavy atom. The van der Waals surface area contributed by atoms with Gasteiger partial charge in [-0.05, 0) is 48.7 Å². The lowest BCUT2D eigenvalue weighted by Gasteiger charge is -2.07. The first-order valence-electron chi connectivity index (χ1n) is 9.40. The van der Waals surface area contributed by atoms with Crippen molar-refractivity contribution in [3.8, 4) is 22.5 Å². The van der Waals surface area contributed by atoms with E-state index in [1.165, 1.54) is 11.9 Å². The van der Waals surface area contributed by atoms with Crippen LogP contribution in [0, 0.1) is 13.8 Å². The first-order chi connectivity index (χ1) is 14.5. The summed E-state index contributed by atoms with van der Waals surface area (Å²) in [5.74, 6) is -0.0276. The molecule has 1 amide bonds. The summed E-state index contributed by atoms with van der Waals surface area (Å²) < 4.78 is 5.54. The molecular formula is C23H19ClN4O2. The average Bonchev–Trinajstić information content (AvgIpc) is 3.15. The highest BCUT2D eigenvalue weighted by atomic mass is 35.5. The quantitative estimate of drug-likeness (QED) is 0.478. The van der Waals surface area contributed by atoms with Gasteiger partial charge in [0.05, 0.1) is 17.7 Å². The number of carbonyl (C=O) groups excluding carboxylic acids is 1. The Bertz CT molecular complexity index is 1210. The SMILES string of the molecule is Cc1ccc(-c2noc(NC(=O)Cc3ccccc3Cl)c2-c2ccncn2)cc1C. The molecule has 6 nitrogen and oxygen atoms in total. The molecule has 0 saturated heterocycles. The number of hydrogen-bond acceptors (Lipinski definition) is 5. The van der Waals surface area contributed by atoms with Crippen molar-refractivity contribution in [3.63, 3.8) is 0 Å². The molecule has 0 fully saturated rings. The van der Waals surface area contributed by atoms with Crippen molar-refractivity contribution >= 4 is 23.4 Å². The molecule has 0 spiro atoms. The molecule has 0 atom stereocenters. The van der Waals surface area contributed by atoms with E-state index in [-0.39, 0.29) is 18.2 Å². The summed E-state index contributed by atoms with van der Waals surface area (Å²) in [6, 6.07) is 15.0. The van der Waals surface area contributed by atoms with Gasteiger partial charge in [-0.1, -0.05) is 47.1 Å². The number of benzene rings is 2. The molecule has 0 radical (unpaired) electrons. The van der Waals surface area contributed by atoms with Gasteiger partial charge in [-0.3, -0.25) is 10.1 Å². The van der Waals surface area contributed by atoms with Gasteiger partial charge in [-0.2, -0.15) is 0 Å². The van der Waals surface area contributed by atoms with Crippen molar-refractivity contribution in [1.29, 1.82) is 0 Å². The first kappa shape index (κ1) is 19.8. The predicted octanol–water partition coefficient (Wildman–Crippen LogP) is 5.25. The maximum absolute atomic E-state index is 12.7. The Balaban J connectivity index is 1.71. The molecule has 4 rings (SSSR count). The van der Waals surface area contributed by atoms with Gasteiger partial charge in [0.15, 0.2) is 0 Å². The van der Waals surface area contributed by atoms with Crippen LogP contribution in [-0.2, 0) is 11.2 Å². The van der Waals surface area contributed by atoms with Gasteiger partial charge >= 0.3 is 0 Å². The second kappa shape index (κ2) is 8.47. The highest BCUT2D eigenvalue weighted by Gasteiger charge is 2.22. The zero-order valence-corrected chi connectivity index (χ0v) is 17.3. The third-order valence-corrected chi connectivity index (χ3v) is 5.24. The van der Waals surface area contributed by atoms with E-state index in [0.29, 0.717) is 22.0 Å². The molecule has 30 heavy (non-hydrogen) atoms. The maximum atomic E-state index is 12.7. The minimum absolute atomic E-state index is 0.114. The molecule has 0 saturated carbocycles. The second-order valence-electron chi connectivity index (χ2n) is 6.95. The lowest BCUT2D eigenvalue weighted by Crippen LogP contribution is -2.14. The van der Waals surface area contributed by atoms with Crippen LogP contribution in [0.15, 0.2) is 65.6 Å². The smallest absolute Gasteiger partial charge is 0.241 e. The normalized spacial score (nSPS) is 10.8. The molecule has 0 aliphatic carbocycles. The van der Waals surface area contributed by atoms with E-state index in [4.69, 9.17) is 16.1 Å². The molecule has 2 aromatic carbocycles. The highest BCUT2D eigenvalue weighted by molar-refractivity contribution is 6.31. The number of rotatable bonds is 5. The number of carbonyl (C=O) groups is 1. The summed E-state index contributed by atoms with van der Waals surface area (Å²) in [4.78, 5) is 21.0. The van der Waals surface area contributed by atoms with Crippen molar-refractivity contribution in [2.45, 2.75) is 20.3 Å². The van der Waals surface area contributed by atoms with Gasteiger partial charge in [0, 0.05) is 16.8 Å². The summed E-state index contributed by atoms with van der Waals surface area (Å²) in [7, 11) is 0. The zero-order valence-electron chi connectivity index (χ0n) is 16.5. The number of nitrogens with zero attached hydrogens (tertiary/aromatic N) is 3. The molecule has 150 valence electrons. The van der Waals surface area contributed by atoms with Crippen molar-refractivity contribution < 1.29 is 9.32 Å². The standard InChI is InChI=1S/C23H19ClN4O2/c1-14-7-8-17(11-15(14)2)22-21(19-9-10-25-13-26-19)23(30-28-22)27-20(29)12-16-5-3-4-6-18(16)24/h3-11,13H,12H2,1-2H3,(H,27,29). The third kappa shape index (κ3) is 4.09. The number of hydrogen-bond donors (Lipinski definition) is 1. The second-order valence-corrected chi connectivity index (χ2v) is 7.35. The maximum Gasteiger partial charge on any atom is 0.241 e. The Morgan fingerprint density at radius 2 is 1.93 bits per heavy atom. The Hall–Kier alpha value is -3.51. The van der Waals surface area contributed by atoms with Crippen LogP contribution in [0.25, 0.3) is 22.5 Å². The van der Waals surface area contributed by atoms with E-state index in [2.05, 4.69) is 20.4 Å². The number of amides is 1. The minimum Gasteiger partial charge on any atom is -0.337 e. The number of halogens is 1. The molecule has 4 aromatic rings. The van der Waals surface area contributed by atoms with Crippen molar-refractivity contribution in [3.05, 3.63) is 82.8 Å². The van der Waals surface area contributed by atoms with Gasteiger partial charge in [0.2, 0.25) is 11.8 Å². The van der Waals surface area contributed by atoms with Crippen LogP contribution in [0.5, 0.6) is 0 Å². The molecule has 2 heterocycles. The first-order valence-corrected chi connectivity index (χ1v) is 9.77. The molecule has 0 bridgehead atoms. The van der Waals surface area contributed by atoms with Crippen LogP contribution in [0.4, 0.5) is 5.88 Å². The van der Waals surface area contributed by atoms with E-state index < -0.39 is 0 Å². The molecular weight excluding hydrogens is 400 g/mol. The monoisotopic (exact) mass is 418 g/mol. The molecule has 0 aliphatic heterocycles. The van der Waals surface area contributed by atoms with Gasteiger partial charge < -0.3 is 4.52 Å². The minimum atomic E-state index is -0.263. The predicted molar refractivity (Wildman–Crippen MR) is 116 cm³/mol. The zero-order chi connectivity index (χ0) is 21.1. The van der Waals surface area contributed by atoms with Crippen molar-refractivity contribution in [1.82, 2.24) is 15.1 Å². The van der Waals surface area contributed by atoms with E-state index in [1.807, 2.05) is 50.2 Å². The summed E-state index contributed by atoms with van der Waals surface area (Å²) in [6.45, 7) is 4.09. The van der Waals surface area contributed by atoms with Gasteiger partial charge in [-0.25, -0.2) is 9.97 Å². The van der Waals surface area contributed by atoms with E-state index in [1.54, 1.807) is 18.3 Å². The fraction of sp³-hybridized carbons (Fsp3) is 0.130. The molecule has 0 aliphatic rings. The lowest BCUT2D eigenvalue weighted by molar-refractivity contribution is -0.115. The summed E-state index contributed by atoms with van der Waals surface area (Å²) in [5.41, 5.74) is 5.73. The molecule has 2 aromatic heterocycles. The van der Waals surface area contributed by atoms with Crippen LogP contribution in [0.2, 0.25) is 5.02 Å². The van der Waals surface area contributed by atoms with Crippen LogP contribution >= 0.6 is 11.6 Å². The summed E-state index contributed by atoms with van der Waals surface area (Å²) in [5, 5.41) is 7.59. The van der Waals surface area contributed by atoms with Crippen molar-refractivity contribution in [2.24, 2.45) is 0 Å². The summed E-state index contributed by atoms with van der Waals surface area (Å²) in [6.07, 6.45) is 3.19. The topological polar surface area (TPSA) is 80.9 Å². The Kier molecular flexibility index (Phi) is 5.59. The highest BCUT2D eigenvalue weighted by Crippen LogP contribution is 2.37. The lowest BCUT2D eigenvalue weighted by atomic mass is 10.0. The van der Waals surface area contributed by atoms with Gasteiger partial charge in [0.25, 0.3) is 0 Å². The molecule has 1 N–H and O–H groups in total. The fourth-order valence-electron chi connectivity index (χ4n) is 3.12. The van der Waals surface area contributed by atoms with E-state index >= 15 is 0 Å². The van der Waals surface area contributed by atoms with Gasteiger partial charge in [0.1, 0.15) is 12.0 Å². The summed E-state index contributed by atoms with van der Waals surface area (Å²) >= 11 is 6.18. The van der Waals surface area contributed by atoms with E-state index in [9.17, 15) is 4.79 Å². The van der Waals surface area contributed by atoms with Crippen LogP contribution in [0.3, 0.4) is 0 Å². The van der Waals surface area contributed by atoms with Crippen LogP contribution < -0.4 is 5.32 Å². The van der Waals surface area contributed by atoms with Gasteiger partial charge in [-0.15, -0.1) is 0 Å².